The summed E-state index contributed by atoms with van der Waals surface area (Å²) in [4.78, 5) is 8.59. The lowest BCUT2D eigenvalue weighted by Gasteiger charge is -2.23. The summed E-state index contributed by atoms with van der Waals surface area (Å²) in [5.41, 5.74) is 0. The number of nitrogens with one attached hydrogen (secondary N) is 1. The molecule has 3 nitrogen and oxygen atoms in total. The maximum absolute atomic E-state index is 4.43. The van der Waals surface area contributed by atoms with Crippen molar-refractivity contribution in [3.63, 3.8) is 0 Å². The second kappa shape index (κ2) is 5.35. The quantitative estimate of drug-likeness (QED) is 0.631. The summed E-state index contributed by atoms with van der Waals surface area (Å²) in [7, 11) is 0. The van der Waals surface area contributed by atoms with Crippen molar-refractivity contribution in [3.8, 4) is 0 Å². The summed E-state index contributed by atoms with van der Waals surface area (Å²) in [6.45, 7) is 0. The fourth-order valence-electron chi connectivity index (χ4n) is 1.98. The molecular weight excluding hydrogens is 206 g/mol. The third-order valence-corrected chi connectivity index (χ3v) is 3.34. The topological polar surface area (TPSA) is 37.8 Å². The lowest BCUT2D eigenvalue weighted by atomic mass is 9.95. The number of nitrogens with zero attached hydrogens (tertiary/aromatic N) is 2. The van der Waals surface area contributed by atoms with Crippen LogP contribution in [0.2, 0.25) is 0 Å². The summed E-state index contributed by atoms with van der Waals surface area (Å²) in [6, 6.07) is 2.57. The van der Waals surface area contributed by atoms with Gasteiger partial charge < -0.3 is 5.32 Å². The molecule has 1 aromatic rings. The Labute approximate surface area is 95.1 Å². The molecule has 0 spiro atoms. The molecule has 0 amide bonds. The molecule has 82 valence electrons. The molecule has 4 heteroatoms. The van der Waals surface area contributed by atoms with Gasteiger partial charge in [0.25, 0.3) is 0 Å². The normalized spacial score (nSPS) is 17.7. The zero-order valence-electron chi connectivity index (χ0n) is 9.07. The molecular formula is C11H17N3S. The van der Waals surface area contributed by atoms with Crippen LogP contribution in [0.1, 0.15) is 32.1 Å². The van der Waals surface area contributed by atoms with E-state index >= 15 is 0 Å². The van der Waals surface area contributed by atoms with Crippen LogP contribution in [0.4, 0.5) is 5.82 Å². The molecule has 1 aromatic heterocycles. The van der Waals surface area contributed by atoms with E-state index in [1.165, 1.54) is 32.1 Å². The molecule has 0 saturated heterocycles. The van der Waals surface area contributed by atoms with Crippen molar-refractivity contribution in [1.29, 1.82) is 0 Å². The molecule has 1 N–H and O–H groups in total. The van der Waals surface area contributed by atoms with E-state index in [2.05, 4.69) is 15.3 Å². The minimum atomic E-state index is 0.614. The van der Waals surface area contributed by atoms with Gasteiger partial charge in [0.1, 0.15) is 5.82 Å². The van der Waals surface area contributed by atoms with Crippen LogP contribution in [0.25, 0.3) is 0 Å². The average Bonchev–Trinajstić information content (AvgIpc) is 2.31. The molecule has 15 heavy (non-hydrogen) atoms. The zero-order valence-corrected chi connectivity index (χ0v) is 9.89. The Morgan fingerprint density at radius 1 is 1.33 bits per heavy atom. The Kier molecular flexibility index (Phi) is 3.83. The Morgan fingerprint density at radius 2 is 2.13 bits per heavy atom. The number of hydrogen-bond donors (Lipinski definition) is 1. The highest BCUT2D eigenvalue weighted by Crippen LogP contribution is 2.21. The predicted octanol–water partition coefficient (Wildman–Crippen LogP) is 2.94. The van der Waals surface area contributed by atoms with Gasteiger partial charge >= 0.3 is 0 Å². The van der Waals surface area contributed by atoms with Crippen molar-refractivity contribution in [2.24, 2.45) is 0 Å². The van der Waals surface area contributed by atoms with E-state index < -0.39 is 0 Å². The number of thioether (sulfide) groups is 1. The molecule has 0 unspecified atom stereocenters. The van der Waals surface area contributed by atoms with Crippen LogP contribution < -0.4 is 5.32 Å². The van der Waals surface area contributed by atoms with Gasteiger partial charge in [-0.2, -0.15) is 0 Å². The van der Waals surface area contributed by atoms with Gasteiger partial charge in [-0.1, -0.05) is 31.0 Å². The van der Waals surface area contributed by atoms with Crippen molar-refractivity contribution in [3.05, 3.63) is 12.3 Å². The molecule has 0 aromatic carbocycles. The minimum Gasteiger partial charge on any atom is -0.367 e. The molecule has 1 aliphatic carbocycles. The first-order valence-electron chi connectivity index (χ1n) is 5.52. The Hall–Kier alpha value is -0.770. The molecule has 2 rings (SSSR count). The first-order chi connectivity index (χ1) is 7.38. The van der Waals surface area contributed by atoms with Gasteiger partial charge in [0.15, 0.2) is 5.16 Å². The molecule has 0 aliphatic heterocycles. The van der Waals surface area contributed by atoms with Crippen LogP contribution in [-0.4, -0.2) is 22.3 Å². The number of anilines is 1. The summed E-state index contributed by atoms with van der Waals surface area (Å²) >= 11 is 1.58. The summed E-state index contributed by atoms with van der Waals surface area (Å²) in [5, 5.41) is 4.33. The zero-order chi connectivity index (χ0) is 10.5. The van der Waals surface area contributed by atoms with Gasteiger partial charge in [0.2, 0.25) is 0 Å². The summed E-state index contributed by atoms with van der Waals surface area (Å²) in [5.74, 6) is 0.973. The molecule has 1 heterocycles. The fraction of sp³-hybridized carbons (Fsp3) is 0.636. The monoisotopic (exact) mass is 223 g/mol. The average molecular weight is 223 g/mol. The lowest BCUT2D eigenvalue weighted by Crippen LogP contribution is -2.22. The Morgan fingerprint density at radius 3 is 2.87 bits per heavy atom. The molecule has 1 fully saturated rings. The number of rotatable bonds is 3. The smallest absolute Gasteiger partial charge is 0.189 e. The van der Waals surface area contributed by atoms with Crippen LogP contribution in [0.3, 0.4) is 0 Å². The molecule has 0 atom stereocenters. The summed E-state index contributed by atoms with van der Waals surface area (Å²) < 4.78 is 0. The second-order valence-corrected chi connectivity index (χ2v) is 4.68. The van der Waals surface area contributed by atoms with Crippen molar-refractivity contribution < 1.29 is 0 Å². The van der Waals surface area contributed by atoms with Crippen LogP contribution in [0.5, 0.6) is 0 Å². The maximum Gasteiger partial charge on any atom is 0.189 e. The van der Waals surface area contributed by atoms with Crippen molar-refractivity contribution >= 4 is 17.6 Å². The van der Waals surface area contributed by atoms with Crippen LogP contribution in [-0.2, 0) is 0 Å². The van der Waals surface area contributed by atoms with Crippen LogP contribution in [0.15, 0.2) is 17.4 Å². The fourth-order valence-corrected chi connectivity index (χ4v) is 2.33. The Bertz CT molecular complexity index is 310. The van der Waals surface area contributed by atoms with Crippen molar-refractivity contribution in [2.45, 2.75) is 43.3 Å². The highest BCUT2D eigenvalue weighted by atomic mass is 32.2. The van der Waals surface area contributed by atoms with Gasteiger partial charge in [-0.25, -0.2) is 9.97 Å². The SMILES string of the molecule is CSc1nccc(NC2CCCCC2)n1. The largest absolute Gasteiger partial charge is 0.367 e. The van der Waals surface area contributed by atoms with Crippen molar-refractivity contribution in [1.82, 2.24) is 9.97 Å². The number of hydrogen-bond acceptors (Lipinski definition) is 4. The lowest BCUT2D eigenvalue weighted by molar-refractivity contribution is 0.461. The van der Waals surface area contributed by atoms with Crippen molar-refractivity contribution in [2.75, 3.05) is 11.6 Å². The standard InChI is InChI=1S/C11H17N3S/c1-15-11-12-8-7-10(14-11)13-9-5-3-2-4-6-9/h7-9H,2-6H2,1H3,(H,12,13,14). The third kappa shape index (κ3) is 3.09. The number of aromatic nitrogens is 2. The van der Waals surface area contributed by atoms with E-state index in [-0.39, 0.29) is 0 Å². The van der Waals surface area contributed by atoms with E-state index in [4.69, 9.17) is 0 Å². The summed E-state index contributed by atoms with van der Waals surface area (Å²) in [6.07, 6.45) is 10.5. The maximum atomic E-state index is 4.43. The van der Waals surface area contributed by atoms with Crippen LogP contribution >= 0.6 is 11.8 Å². The Balaban J connectivity index is 1.96. The molecule has 0 bridgehead atoms. The van der Waals surface area contributed by atoms with Crippen LogP contribution in [0, 0.1) is 0 Å². The van der Waals surface area contributed by atoms with E-state index in [1.54, 1.807) is 11.8 Å². The molecule has 0 radical (unpaired) electrons. The predicted molar refractivity (Wildman–Crippen MR) is 64.3 cm³/mol. The first kappa shape index (κ1) is 10.7. The van der Waals surface area contributed by atoms with Gasteiger partial charge in [0, 0.05) is 12.2 Å². The third-order valence-electron chi connectivity index (χ3n) is 2.77. The van der Waals surface area contributed by atoms with E-state index in [1.807, 2.05) is 18.5 Å². The highest BCUT2D eigenvalue weighted by molar-refractivity contribution is 7.98. The van der Waals surface area contributed by atoms with E-state index in [9.17, 15) is 0 Å². The highest BCUT2D eigenvalue weighted by Gasteiger charge is 2.13. The van der Waals surface area contributed by atoms with Gasteiger partial charge in [-0.3, -0.25) is 0 Å². The van der Waals surface area contributed by atoms with Gasteiger partial charge in [-0.15, -0.1) is 0 Å². The second-order valence-electron chi connectivity index (χ2n) is 3.91. The first-order valence-corrected chi connectivity index (χ1v) is 6.74. The van der Waals surface area contributed by atoms with Gasteiger partial charge in [-0.05, 0) is 25.2 Å². The van der Waals surface area contributed by atoms with Gasteiger partial charge in [0.05, 0.1) is 0 Å². The molecule has 1 aliphatic rings. The molecule has 1 saturated carbocycles. The van der Waals surface area contributed by atoms with E-state index in [0.29, 0.717) is 6.04 Å². The van der Waals surface area contributed by atoms with E-state index in [0.717, 1.165) is 11.0 Å². The minimum absolute atomic E-state index is 0.614.